The first-order valence-corrected chi connectivity index (χ1v) is 5.42. The monoisotopic (exact) mass is 254 g/mol. The Bertz CT molecular complexity index is 642. The fraction of sp³-hybridized carbons (Fsp3) is 0. The van der Waals surface area contributed by atoms with Gasteiger partial charge in [-0.05, 0) is 24.4 Å². The van der Waals surface area contributed by atoms with E-state index in [0.29, 0.717) is 11.1 Å². The Kier molecular flexibility index (Phi) is 3.75. The van der Waals surface area contributed by atoms with Crippen LogP contribution in [0.3, 0.4) is 0 Å². The maximum Gasteiger partial charge on any atom is 1.00 e. The van der Waals surface area contributed by atoms with Gasteiger partial charge in [-0.2, -0.15) is 8.42 Å². The molecule has 74 valence electrons. The molecule has 2 rings (SSSR count). The number of oxazole rings is 1. The van der Waals surface area contributed by atoms with E-state index in [0.717, 1.165) is 0 Å². The molecule has 0 unspecified atom stereocenters. The zero-order chi connectivity index (χ0) is 10.3. The van der Waals surface area contributed by atoms with E-state index < -0.39 is 10.1 Å². The van der Waals surface area contributed by atoms with Crippen molar-refractivity contribution in [1.29, 1.82) is 0 Å². The largest absolute Gasteiger partial charge is 1.00 e. The minimum atomic E-state index is -4.19. The minimum Gasteiger partial charge on any atom is -0.429 e. The maximum absolute atomic E-state index is 10.8. The molecule has 0 bridgehead atoms. The second kappa shape index (κ2) is 4.36. The summed E-state index contributed by atoms with van der Waals surface area (Å²) in [6.07, 6.45) is 0. The number of aromatic nitrogens is 1. The third kappa shape index (κ3) is 2.68. The SMILES string of the molecule is O=S(=O)(O)c1ccc2[nH]c(=S)oc2c1.[Na+]. The molecule has 0 atom stereocenters. The van der Waals surface area contributed by atoms with Crippen LogP contribution in [0.2, 0.25) is 0 Å². The number of hydrogen-bond donors (Lipinski definition) is 2. The summed E-state index contributed by atoms with van der Waals surface area (Å²) in [4.78, 5) is 2.65. The van der Waals surface area contributed by atoms with Crippen molar-refractivity contribution in [2.24, 2.45) is 0 Å². The molecule has 5 nitrogen and oxygen atoms in total. The molecule has 1 aromatic heterocycles. The average Bonchev–Trinajstić information content (AvgIpc) is 2.41. The molecule has 8 heteroatoms. The first-order chi connectivity index (χ1) is 6.47. The van der Waals surface area contributed by atoms with Gasteiger partial charge in [0.2, 0.25) is 0 Å². The van der Waals surface area contributed by atoms with Crippen LogP contribution in [0.1, 0.15) is 0 Å². The summed E-state index contributed by atoms with van der Waals surface area (Å²) in [5.74, 6) is 0. The third-order valence-electron chi connectivity index (χ3n) is 1.69. The third-order valence-corrected chi connectivity index (χ3v) is 2.73. The summed E-state index contributed by atoms with van der Waals surface area (Å²) in [5.41, 5.74) is 0.882. The van der Waals surface area contributed by atoms with Gasteiger partial charge in [-0.3, -0.25) is 4.55 Å². The van der Waals surface area contributed by atoms with Gasteiger partial charge in [-0.25, -0.2) is 0 Å². The van der Waals surface area contributed by atoms with Crippen molar-refractivity contribution < 1.29 is 46.9 Å². The Hall–Kier alpha value is -0.180. The van der Waals surface area contributed by atoms with E-state index in [9.17, 15) is 8.42 Å². The van der Waals surface area contributed by atoms with Gasteiger partial charge >= 0.3 is 29.6 Å². The summed E-state index contributed by atoms with van der Waals surface area (Å²) in [5, 5.41) is 0. The Labute approximate surface area is 113 Å². The van der Waals surface area contributed by atoms with E-state index in [4.69, 9.17) is 21.2 Å². The zero-order valence-electron chi connectivity index (χ0n) is 7.72. The summed E-state index contributed by atoms with van der Waals surface area (Å²) < 4.78 is 35.3. The molecular weight excluding hydrogens is 249 g/mol. The normalized spacial score (nSPS) is 11.3. The van der Waals surface area contributed by atoms with Crippen molar-refractivity contribution in [3.05, 3.63) is 23.0 Å². The number of benzene rings is 1. The van der Waals surface area contributed by atoms with E-state index in [1.54, 1.807) is 0 Å². The van der Waals surface area contributed by atoms with Gasteiger partial charge in [0.1, 0.15) is 0 Å². The van der Waals surface area contributed by atoms with Crippen LogP contribution in [0.15, 0.2) is 27.5 Å². The van der Waals surface area contributed by atoms with Gasteiger partial charge in [-0.1, -0.05) is 0 Å². The van der Waals surface area contributed by atoms with Gasteiger partial charge in [-0.15, -0.1) is 0 Å². The number of H-pyrrole nitrogens is 1. The van der Waals surface area contributed by atoms with Crippen molar-refractivity contribution in [1.82, 2.24) is 4.98 Å². The topological polar surface area (TPSA) is 83.3 Å². The summed E-state index contributed by atoms with van der Waals surface area (Å²) in [7, 11) is -4.19. The van der Waals surface area contributed by atoms with Gasteiger partial charge in [0.25, 0.3) is 15.0 Å². The fourth-order valence-corrected chi connectivity index (χ4v) is 1.78. The number of rotatable bonds is 1. The number of aromatic amines is 1. The van der Waals surface area contributed by atoms with Crippen LogP contribution in [-0.4, -0.2) is 18.0 Å². The predicted octanol–water partition coefficient (Wildman–Crippen LogP) is -1.26. The maximum atomic E-state index is 10.8. The van der Waals surface area contributed by atoms with Gasteiger partial charge in [0.05, 0.1) is 10.4 Å². The molecule has 0 aliphatic heterocycles. The molecule has 0 radical (unpaired) electrons. The molecule has 0 fully saturated rings. The van der Waals surface area contributed by atoms with Crippen LogP contribution >= 0.6 is 12.2 Å². The molecule has 0 saturated carbocycles. The molecule has 0 saturated heterocycles. The van der Waals surface area contributed by atoms with Crippen molar-refractivity contribution in [3.8, 4) is 0 Å². The first-order valence-electron chi connectivity index (χ1n) is 3.57. The van der Waals surface area contributed by atoms with E-state index in [-0.39, 0.29) is 39.3 Å². The molecule has 1 aromatic carbocycles. The molecule has 2 N–H and O–H groups in total. The molecule has 2 aromatic rings. The van der Waals surface area contributed by atoms with Crippen LogP contribution in [0, 0.1) is 4.84 Å². The molecule has 15 heavy (non-hydrogen) atoms. The quantitative estimate of drug-likeness (QED) is 0.377. The van der Waals surface area contributed by atoms with Crippen molar-refractivity contribution in [3.63, 3.8) is 0 Å². The Balaban J connectivity index is 0.00000112. The fourth-order valence-electron chi connectivity index (χ4n) is 1.09. The minimum absolute atomic E-state index is 0. The molecule has 0 spiro atoms. The molecule has 1 heterocycles. The van der Waals surface area contributed by atoms with E-state index in [1.807, 2.05) is 0 Å². The molecule has 0 aliphatic rings. The van der Waals surface area contributed by atoms with Crippen LogP contribution in [0.4, 0.5) is 0 Å². The van der Waals surface area contributed by atoms with Gasteiger partial charge < -0.3 is 9.40 Å². The standard InChI is InChI=1S/C7H5NO4S2.Na/c9-14(10,11)4-1-2-5-6(3-4)12-7(13)8-5;/h1-3H,(H,8,13)(H,9,10,11);/q;+1. The smallest absolute Gasteiger partial charge is 0.429 e. The summed E-state index contributed by atoms with van der Waals surface area (Å²) in [6, 6.07) is 3.94. The van der Waals surface area contributed by atoms with Crippen LogP contribution in [0.5, 0.6) is 0 Å². The molecule has 0 amide bonds. The van der Waals surface area contributed by atoms with E-state index >= 15 is 0 Å². The van der Waals surface area contributed by atoms with Crippen LogP contribution in [-0.2, 0) is 10.1 Å². The Morgan fingerprint density at radius 2 is 2.07 bits per heavy atom. The summed E-state index contributed by atoms with van der Waals surface area (Å²) >= 11 is 4.72. The number of nitrogens with one attached hydrogen (secondary N) is 1. The zero-order valence-corrected chi connectivity index (χ0v) is 11.4. The van der Waals surface area contributed by atoms with E-state index in [2.05, 4.69) is 4.98 Å². The second-order valence-corrected chi connectivity index (χ2v) is 4.44. The van der Waals surface area contributed by atoms with Gasteiger partial charge in [0, 0.05) is 6.07 Å². The molecule has 0 aliphatic carbocycles. The van der Waals surface area contributed by atoms with Gasteiger partial charge in [0.15, 0.2) is 5.58 Å². The first kappa shape index (κ1) is 12.9. The van der Waals surface area contributed by atoms with Crippen molar-refractivity contribution in [2.45, 2.75) is 4.90 Å². The summed E-state index contributed by atoms with van der Waals surface area (Å²) in [6.45, 7) is 0. The Morgan fingerprint density at radius 1 is 1.40 bits per heavy atom. The van der Waals surface area contributed by atoms with E-state index in [1.165, 1.54) is 18.2 Å². The Morgan fingerprint density at radius 3 is 2.67 bits per heavy atom. The second-order valence-electron chi connectivity index (χ2n) is 2.65. The predicted molar refractivity (Wildman–Crippen MR) is 51.2 cm³/mol. The molecular formula is C7H5NNaO4S2+. The average molecular weight is 254 g/mol. The van der Waals surface area contributed by atoms with Crippen LogP contribution in [0.25, 0.3) is 11.1 Å². The van der Waals surface area contributed by atoms with Crippen molar-refractivity contribution in [2.75, 3.05) is 0 Å². The van der Waals surface area contributed by atoms with Crippen molar-refractivity contribution >= 4 is 33.4 Å². The number of hydrogen-bond acceptors (Lipinski definition) is 4. The number of fused-ring (bicyclic) bond motifs is 1. The van der Waals surface area contributed by atoms with Crippen LogP contribution < -0.4 is 29.6 Å².